The number of thiophene rings is 1. The van der Waals surface area contributed by atoms with Crippen molar-refractivity contribution in [1.82, 2.24) is 0 Å². The van der Waals surface area contributed by atoms with E-state index in [1.807, 2.05) is 11.3 Å². The van der Waals surface area contributed by atoms with Crippen LogP contribution < -0.4 is 0 Å². The summed E-state index contributed by atoms with van der Waals surface area (Å²) in [4.78, 5) is 1.48. The van der Waals surface area contributed by atoms with Gasteiger partial charge in [0.2, 0.25) is 0 Å². The summed E-state index contributed by atoms with van der Waals surface area (Å²) in [6.45, 7) is 4.76. The summed E-state index contributed by atoms with van der Waals surface area (Å²) in [5.74, 6) is 0. The molecule has 4 aromatic rings. The lowest BCUT2D eigenvalue weighted by atomic mass is 9.81. The predicted molar refractivity (Wildman–Crippen MR) is 108 cm³/mol. The molecule has 2 aliphatic carbocycles. The van der Waals surface area contributed by atoms with Crippen LogP contribution in [0.25, 0.3) is 31.7 Å². The van der Waals surface area contributed by atoms with E-state index in [1.54, 1.807) is 0 Å². The van der Waals surface area contributed by atoms with Crippen molar-refractivity contribution in [3.63, 3.8) is 0 Å². The van der Waals surface area contributed by atoms with Gasteiger partial charge in [0.1, 0.15) is 0 Å². The first kappa shape index (κ1) is 13.9. The second kappa shape index (κ2) is 4.42. The first-order chi connectivity index (χ1) is 12.2. The van der Waals surface area contributed by atoms with Crippen molar-refractivity contribution in [2.24, 2.45) is 0 Å². The fourth-order valence-electron chi connectivity index (χ4n) is 4.94. The molecule has 0 amide bonds. The van der Waals surface area contributed by atoms with Crippen LogP contribution in [0.4, 0.5) is 0 Å². The molecular weight excluding hydrogens is 320 g/mol. The fourth-order valence-corrected chi connectivity index (χ4v) is 6.52. The standard InChI is InChI=1S/C24H18S/c1-24(2)19-10-6-5-9-17(19)23-21(24)18-12-11-15-13-14-7-3-4-8-16(14)20(15)22(18)25-23/h3-12H,13H2,1-2H3. The number of hydrogen-bond acceptors (Lipinski definition) is 1. The fraction of sp³-hybridized carbons (Fsp3) is 0.167. The molecule has 1 aromatic heterocycles. The molecule has 0 nitrogen and oxygen atoms in total. The van der Waals surface area contributed by atoms with E-state index in [0.717, 1.165) is 6.42 Å². The molecule has 0 aliphatic heterocycles. The third-order valence-corrected chi connectivity index (χ3v) is 7.34. The zero-order valence-corrected chi connectivity index (χ0v) is 15.2. The summed E-state index contributed by atoms with van der Waals surface area (Å²) in [6.07, 6.45) is 1.07. The van der Waals surface area contributed by atoms with Gasteiger partial charge in [0.15, 0.2) is 0 Å². The smallest absolute Gasteiger partial charge is 0.0433 e. The van der Waals surface area contributed by atoms with Gasteiger partial charge in [-0.25, -0.2) is 0 Å². The Kier molecular flexibility index (Phi) is 2.45. The van der Waals surface area contributed by atoms with E-state index in [0.29, 0.717) is 0 Å². The van der Waals surface area contributed by atoms with Crippen molar-refractivity contribution >= 4 is 21.4 Å². The Labute approximate surface area is 151 Å². The van der Waals surface area contributed by atoms with Crippen molar-refractivity contribution in [3.05, 3.63) is 82.9 Å². The topological polar surface area (TPSA) is 0 Å². The maximum absolute atomic E-state index is 2.38. The Bertz CT molecular complexity index is 1190. The van der Waals surface area contributed by atoms with Gasteiger partial charge in [-0.15, -0.1) is 11.3 Å². The normalized spacial score (nSPS) is 15.8. The quantitative estimate of drug-likeness (QED) is 0.292. The molecule has 0 radical (unpaired) electrons. The lowest BCUT2D eigenvalue weighted by Crippen LogP contribution is -2.14. The molecule has 120 valence electrons. The number of hydrogen-bond donors (Lipinski definition) is 0. The Morgan fingerprint density at radius 2 is 1.56 bits per heavy atom. The first-order valence-corrected chi connectivity index (χ1v) is 9.75. The highest BCUT2D eigenvalue weighted by atomic mass is 32.1. The highest BCUT2D eigenvalue weighted by Gasteiger charge is 2.39. The van der Waals surface area contributed by atoms with E-state index < -0.39 is 0 Å². The summed E-state index contributed by atoms with van der Waals surface area (Å²) >= 11 is 2.00. The van der Waals surface area contributed by atoms with E-state index in [1.165, 1.54) is 53.9 Å². The highest BCUT2D eigenvalue weighted by molar-refractivity contribution is 7.23. The van der Waals surface area contributed by atoms with Crippen LogP contribution in [-0.2, 0) is 11.8 Å². The average Bonchev–Trinajstić information content (AvgIpc) is 3.25. The van der Waals surface area contributed by atoms with E-state index in [9.17, 15) is 0 Å². The molecule has 0 atom stereocenters. The summed E-state index contributed by atoms with van der Waals surface area (Å²) in [5.41, 5.74) is 10.4. The molecule has 3 aromatic carbocycles. The average molecular weight is 338 g/mol. The van der Waals surface area contributed by atoms with Crippen molar-refractivity contribution in [3.8, 4) is 21.6 Å². The van der Waals surface area contributed by atoms with E-state index in [-0.39, 0.29) is 5.41 Å². The minimum atomic E-state index is 0.0799. The van der Waals surface area contributed by atoms with E-state index >= 15 is 0 Å². The molecule has 25 heavy (non-hydrogen) atoms. The van der Waals surface area contributed by atoms with Crippen LogP contribution in [0.15, 0.2) is 60.7 Å². The molecule has 0 saturated heterocycles. The lowest BCUT2D eigenvalue weighted by Gasteiger charge is -2.21. The largest absolute Gasteiger partial charge is 0.134 e. The number of fused-ring (bicyclic) bond motifs is 9. The minimum absolute atomic E-state index is 0.0799. The van der Waals surface area contributed by atoms with Crippen LogP contribution in [0.1, 0.15) is 36.1 Å². The van der Waals surface area contributed by atoms with E-state index in [4.69, 9.17) is 0 Å². The SMILES string of the molecule is CC1(C)c2ccccc2-c2sc3c4c(ccc3c21)Cc1ccccc1-4. The summed E-state index contributed by atoms with van der Waals surface area (Å²) < 4.78 is 1.48. The van der Waals surface area contributed by atoms with Gasteiger partial charge in [-0.1, -0.05) is 74.5 Å². The van der Waals surface area contributed by atoms with Gasteiger partial charge in [0, 0.05) is 20.6 Å². The second-order valence-electron chi connectivity index (χ2n) is 7.79. The van der Waals surface area contributed by atoms with Gasteiger partial charge in [0.25, 0.3) is 0 Å². The van der Waals surface area contributed by atoms with Crippen LogP contribution in [-0.4, -0.2) is 0 Å². The van der Waals surface area contributed by atoms with Gasteiger partial charge in [0.05, 0.1) is 0 Å². The van der Waals surface area contributed by atoms with Crippen molar-refractivity contribution in [2.75, 3.05) is 0 Å². The van der Waals surface area contributed by atoms with E-state index in [2.05, 4.69) is 74.5 Å². The molecule has 0 fully saturated rings. The molecule has 0 bridgehead atoms. The zero-order chi connectivity index (χ0) is 16.8. The third kappa shape index (κ3) is 1.58. The lowest BCUT2D eigenvalue weighted by molar-refractivity contribution is 0.667. The van der Waals surface area contributed by atoms with Crippen LogP contribution >= 0.6 is 11.3 Å². The molecule has 1 heteroatoms. The van der Waals surface area contributed by atoms with Gasteiger partial charge in [-0.2, -0.15) is 0 Å². The van der Waals surface area contributed by atoms with Crippen molar-refractivity contribution < 1.29 is 0 Å². The van der Waals surface area contributed by atoms with Crippen LogP contribution in [0.2, 0.25) is 0 Å². The monoisotopic (exact) mass is 338 g/mol. The molecule has 0 N–H and O–H groups in total. The predicted octanol–water partition coefficient (Wildman–Crippen LogP) is 6.78. The zero-order valence-electron chi connectivity index (χ0n) is 14.4. The molecule has 6 rings (SSSR count). The number of rotatable bonds is 0. The van der Waals surface area contributed by atoms with Gasteiger partial charge in [-0.3, -0.25) is 0 Å². The summed E-state index contributed by atoms with van der Waals surface area (Å²) in [5, 5.41) is 1.46. The van der Waals surface area contributed by atoms with Gasteiger partial charge < -0.3 is 0 Å². The van der Waals surface area contributed by atoms with Crippen LogP contribution in [0, 0.1) is 0 Å². The molecule has 0 spiro atoms. The van der Waals surface area contributed by atoms with Gasteiger partial charge in [-0.05, 0) is 45.2 Å². The Balaban J connectivity index is 1.75. The summed E-state index contributed by atoms with van der Waals surface area (Å²) in [7, 11) is 0. The Morgan fingerprint density at radius 3 is 2.44 bits per heavy atom. The van der Waals surface area contributed by atoms with Crippen LogP contribution in [0.3, 0.4) is 0 Å². The molecular formula is C24H18S. The molecule has 1 heterocycles. The first-order valence-electron chi connectivity index (χ1n) is 8.93. The van der Waals surface area contributed by atoms with Crippen LogP contribution in [0.5, 0.6) is 0 Å². The van der Waals surface area contributed by atoms with Crippen molar-refractivity contribution in [1.29, 1.82) is 0 Å². The summed E-state index contributed by atoms with van der Waals surface area (Å²) in [6, 6.07) is 22.6. The maximum Gasteiger partial charge on any atom is 0.0433 e. The highest BCUT2D eigenvalue weighted by Crippen LogP contribution is 2.57. The number of benzene rings is 3. The Morgan fingerprint density at radius 1 is 0.800 bits per heavy atom. The van der Waals surface area contributed by atoms with Crippen molar-refractivity contribution in [2.45, 2.75) is 25.7 Å². The maximum atomic E-state index is 2.38. The molecule has 2 aliphatic rings. The second-order valence-corrected chi connectivity index (χ2v) is 8.81. The minimum Gasteiger partial charge on any atom is -0.134 e. The third-order valence-electron chi connectivity index (χ3n) is 6.08. The molecule has 0 saturated carbocycles. The van der Waals surface area contributed by atoms with Gasteiger partial charge >= 0.3 is 0 Å². The Hall–Kier alpha value is -2.38. The molecule has 0 unspecified atom stereocenters.